The Morgan fingerprint density at radius 3 is 3.05 bits per heavy atom. The molecule has 4 rings (SSSR count). The third-order valence-electron chi connectivity index (χ3n) is 4.16. The zero-order chi connectivity index (χ0) is 14.2. The smallest absolute Gasteiger partial charge is 0.231 e. The van der Waals surface area contributed by atoms with Crippen LogP contribution in [0.3, 0.4) is 0 Å². The second-order valence-electron chi connectivity index (χ2n) is 5.40. The summed E-state index contributed by atoms with van der Waals surface area (Å²) >= 11 is 0. The number of ether oxygens (including phenoxy) is 2. The molecule has 0 saturated heterocycles. The second kappa shape index (κ2) is 5.00. The van der Waals surface area contributed by atoms with Crippen LogP contribution in [0, 0.1) is 0 Å². The van der Waals surface area contributed by atoms with Crippen LogP contribution in [0.2, 0.25) is 0 Å². The van der Waals surface area contributed by atoms with E-state index in [4.69, 9.17) is 14.5 Å². The molecule has 1 aromatic heterocycles. The van der Waals surface area contributed by atoms with E-state index >= 15 is 0 Å². The number of hydrogen-bond acceptors (Lipinski definition) is 5. The fourth-order valence-electron chi connectivity index (χ4n) is 3.02. The van der Waals surface area contributed by atoms with Crippen LogP contribution >= 0.6 is 0 Å². The Morgan fingerprint density at radius 2 is 2.14 bits per heavy atom. The normalized spacial score (nSPS) is 19.4. The predicted octanol–water partition coefficient (Wildman–Crippen LogP) is 2.47. The summed E-state index contributed by atoms with van der Waals surface area (Å²) in [7, 11) is 1.99. The predicted molar refractivity (Wildman–Crippen MR) is 78.3 cm³/mol. The Hall–Kier alpha value is -2.14. The van der Waals surface area contributed by atoms with Crippen LogP contribution in [0.1, 0.15) is 30.1 Å². The van der Waals surface area contributed by atoms with E-state index in [0.29, 0.717) is 6.04 Å². The Bertz CT molecular complexity index is 687. The summed E-state index contributed by atoms with van der Waals surface area (Å²) in [6.45, 7) is 0.285. The monoisotopic (exact) mass is 283 g/mol. The first-order valence-corrected chi connectivity index (χ1v) is 7.28. The van der Waals surface area contributed by atoms with E-state index in [1.54, 1.807) is 0 Å². The van der Waals surface area contributed by atoms with Crippen molar-refractivity contribution < 1.29 is 9.47 Å². The first-order chi connectivity index (χ1) is 10.3. The number of rotatable bonds is 2. The molecule has 0 amide bonds. The third kappa shape index (κ3) is 2.14. The van der Waals surface area contributed by atoms with Gasteiger partial charge in [-0.2, -0.15) is 0 Å². The lowest BCUT2D eigenvalue weighted by Gasteiger charge is -2.24. The van der Waals surface area contributed by atoms with Gasteiger partial charge < -0.3 is 14.8 Å². The second-order valence-corrected chi connectivity index (χ2v) is 5.40. The summed E-state index contributed by atoms with van der Waals surface area (Å²) in [5, 5.41) is 3.34. The minimum atomic E-state index is 0.285. The molecule has 0 bridgehead atoms. The van der Waals surface area contributed by atoms with Gasteiger partial charge in [0.2, 0.25) is 6.79 Å². The Kier molecular flexibility index (Phi) is 3.00. The van der Waals surface area contributed by atoms with Crippen LogP contribution in [-0.4, -0.2) is 23.8 Å². The van der Waals surface area contributed by atoms with Gasteiger partial charge in [-0.3, -0.25) is 0 Å². The Morgan fingerprint density at radius 1 is 1.24 bits per heavy atom. The van der Waals surface area contributed by atoms with Gasteiger partial charge in [0.25, 0.3) is 0 Å². The molecule has 1 aliphatic carbocycles. The topological polar surface area (TPSA) is 56.3 Å². The lowest BCUT2D eigenvalue weighted by atomic mass is 9.92. The molecule has 108 valence electrons. The van der Waals surface area contributed by atoms with Crippen molar-refractivity contribution in [1.29, 1.82) is 0 Å². The summed E-state index contributed by atoms with van der Waals surface area (Å²) in [6, 6.07) is 6.21. The van der Waals surface area contributed by atoms with Crippen molar-refractivity contribution in [2.75, 3.05) is 13.8 Å². The van der Waals surface area contributed by atoms with Crippen LogP contribution in [-0.2, 0) is 6.42 Å². The number of hydrogen-bond donors (Lipinski definition) is 1. The summed E-state index contributed by atoms with van der Waals surface area (Å²) in [5.41, 5.74) is 3.35. The maximum Gasteiger partial charge on any atom is 0.231 e. The van der Waals surface area contributed by atoms with Crippen LogP contribution in [0.5, 0.6) is 11.5 Å². The fourth-order valence-corrected chi connectivity index (χ4v) is 3.02. The molecule has 5 heteroatoms. The molecule has 5 nitrogen and oxygen atoms in total. The first-order valence-electron chi connectivity index (χ1n) is 7.28. The average Bonchev–Trinajstić information content (AvgIpc) is 3.01. The van der Waals surface area contributed by atoms with Crippen molar-refractivity contribution in [3.05, 3.63) is 35.7 Å². The van der Waals surface area contributed by atoms with E-state index in [-0.39, 0.29) is 6.79 Å². The van der Waals surface area contributed by atoms with E-state index in [0.717, 1.165) is 47.8 Å². The number of aryl methyl sites for hydroxylation is 1. The first kappa shape index (κ1) is 12.6. The maximum absolute atomic E-state index is 5.42. The van der Waals surface area contributed by atoms with Gasteiger partial charge in [0.15, 0.2) is 17.3 Å². The molecular weight excluding hydrogens is 266 g/mol. The molecule has 2 aromatic rings. The molecule has 2 aliphatic rings. The summed E-state index contributed by atoms with van der Waals surface area (Å²) in [6.07, 6.45) is 5.29. The quantitative estimate of drug-likeness (QED) is 0.917. The van der Waals surface area contributed by atoms with Crippen molar-refractivity contribution in [1.82, 2.24) is 15.3 Å². The lowest BCUT2D eigenvalue weighted by molar-refractivity contribution is 0.174. The van der Waals surface area contributed by atoms with Crippen LogP contribution < -0.4 is 14.8 Å². The SMILES string of the molecule is CNC1CCCc2nc(-c3ccc4c(c3)OCO4)ncc21. The van der Waals surface area contributed by atoms with Crippen molar-refractivity contribution in [3.63, 3.8) is 0 Å². The number of benzene rings is 1. The highest BCUT2D eigenvalue weighted by Gasteiger charge is 2.21. The van der Waals surface area contributed by atoms with Crippen molar-refractivity contribution in [2.45, 2.75) is 25.3 Å². The molecule has 2 heterocycles. The summed E-state index contributed by atoms with van der Waals surface area (Å²) < 4.78 is 10.8. The van der Waals surface area contributed by atoms with E-state index < -0.39 is 0 Å². The lowest BCUT2D eigenvalue weighted by Crippen LogP contribution is -2.22. The molecular formula is C16H17N3O2. The average molecular weight is 283 g/mol. The van der Waals surface area contributed by atoms with Gasteiger partial charge in [0.05, 0.1) is 0 Å². The molecule has 1 aromatic carbocycles. The van der Waals surface area contributed by atoms with Gasteiger partial charge in [-0.1, -0.05) is 0 Å². The zero-order valence-electron chi connectivity index (χ0n) is 11.9. The van der Waals surface area contributed by atoms with E-state index in [2.05, 4.69) is 10.3 Å². The molecule has 21 heavy (non-hydrogen) atoms. The van der Waals surface area contributed by atoms with E-state index in [9.17, 15) is 0 Å². The molecule has 0 saturated carbocycles. The number of fused-ring (bicyclic) bond motifs is 2. The molecule has 1 unspecified atom stereocenters. The van der Waals surface area contributed by atoms with Gasteiger partial charge in [-0.25, -0.2) is 9.97 Å². The molecule has 0 fully saturated rings. The largest absolute Gasteiger partial charge is 0.454 e. The van der Waals surface area contributed by atoms with Crippen LogP contribution in [0.4, 0.5) is 0 Å². The Labute approximate surface area is 123 Å². The van der Waals surface area contributed by atoms with Gasteiger partial charge in [0.1, 0.15) is 0 Å². The highest BCUT2D eigenvalue weighted by Crippen LogP contribution is 2.36. The van der Waals surface area contributed by atoms with Crippen LogP contribution in [0.25, 0.3) is 11.4 Å². The third-order valence-corrected chi connectivity index (χ3v) is 4.16. The van der Waals surface area contributed by atoms with Gasteiger partial charge in [-0.15, -0.1) is 0 Å². The molecule has 1 atom stereocenters. The highest BCUT2D eigenvalue weighted by atomic mass is 16.7. The number of aromatic nitrogens is 2. The molecule has 1 N–H and O–H groups in total. The van der Waals surface area contributed by atoms with Gasteiger partial charge >= 0.3 is 0 Å². The van der Waals surface area contributed by atoms with Crippen LogP contribution in [0.15, 0.2) is 24.4 Å². The zero-order valence-corrected chi connectivity index (χ0v) is 11.9. The van der Waals surface area contributed by atoms with E-state index in [1.807, 2.05) is 31.4 Å². The molecule has 1 aliphatic heterocycles. The number of nitrogens with one attached hydrogen (secondary N) is 1. The fraction of sp³-hybridized carbons (Fsp3) is 0.375. The standard InChI is InChI=1S/C16H17N3O2/c1-17-12-3-2-4-13-11(12)8-18-16(19-13)10-5-6-14-15(7-10)21-9-20-14/h5-8,12,17H,2-4,9H2,1H3. The summed E-state index contributed by atoms with van der Waals surface area (Å²) in [4.78, 5) is 9.30. The molecule has 0 radical (unpaired) electrons. The highest BCUT2D eigenvalue weighted by molar-refractivity contribution is 5.61. The van der Waals surface area contributed by atoms with Crippen molar-refractivity contribution >= 4 is 0 Å². The molecule has 0 spiro atoms. The minimum absolute atomic E-state index is 0.285. The maximum atomic E-state index is 5.42. The number of nitrogens with zero attached hydrogens (tertiary/aromatic N) is 2. The van der Waals surface area contributed by atoms with Gasteiger partial charge in [0, 0.05) is 29.1 Å². The Balaban J connectivity index is 1.73. The van der Waals surface area contributed by atoms with Gasteiger partial charge in [-0.05, 0) is 44.5 Å². The minimum Gasteiger partial charge on any atom is -0.454 e. The van der Waals surface area contributed by atoms with Crippen molar-refractivity contribution in [3.8, 4) is 22.9 Å². The van der Waals surface area contributed by atoms with E-state index in [1.165, 1.54) is 5.56 Å². The van der Waals surface area contributed by atoms with Crippen molar-refractivity contribution in [2.24, 2.45) is 0 Å². The summed E-state index contributed by atoms with van der Waals surface area (Å²) in [5.74, 6) is 2.30.